The van der Waals surface area contributed by atoms with Gasteiger partial charge in [-0.1, -0.05) is 66.7 Å². The van der Waals surface area contributed by atoms with Gasteiger partial charge in [0.15, 0.2) is 5.78 Å². The lowest BCUT2D eigenvalue weighted by Gasteiger charge is -2.24. The number of benzene rings is 5. The summed E-state index contributed by atoms with van der Waals surface area (Å²) in [5.74, 6) is -3.03. The minimum Gasteiger partial charge on any atom is -0.478 e. The van der Waals surface area contributed by atoms with Crippen LogP contribution in [-0.2, 0) is 6.42 Å². The molecule has 5 aromatic carbocycles. The minimum atomic E-state index is -1.38. The van der Waals surface area contributed by atoms with Crippen LogP contribution >= 0.6 is 0 Å². The van der Waals surface area contributed by atoms with Gasteiger partial charge in [-0.05, 0) is 62.9 Å². The lowest BCUT2D eigenvalue weighted by atomic mass is 9.77. The summed E-state index contributed by atoms with van der Waals surface area (Å²) in [6.45, 7) is 0. The standard InChI is InChI=1S/C30H18O5/c31-28-21-10-4-3-8-18(21)13-20-15-24(29(32)33)27(30(34)35)26(25(20)28)22-11-5-9-19-12-16-6-1-2-7-17(16)14-23(19)22/h1-12,14-15H,13H2,(H,32,33)(H,34,35). The first kappa shape index (κ1) is 20.8. The van der Waals surface area contributed by atoms with E-state index in [1.54, 1.807) is 24.3 Å². The third kappa shape index (κ3) is 3.13. The van der Waals surface area contributed by atoms with Crippen molar-refractivity contribution in [2.45, 2.75) is 6.42 Å². The fourth-order valence-corrected chi connectivity index (χ4v) is 5.22. The van der Waals surface area contributed by atoms with E-state index in [0.717, 1.165) is 27.1 Å². The third-order valence-electron chi connectivity index (χ3n) is 6.74. The van der Waals surface area contributed by atoms with Crippen LogP contribution in [0.4, 0.5) is 0 Å². The Kier molecular flexibility index (Phi) is 4.54. The van der Waals surface area contributed by atoms with Gasteiger partial charge < -0.3 is 10.2 Å². The second-order valence-electron chi connectivity index (χ2n) is 8.71. The van der Waals surface area contributed by atoms with Crippen LogP contribution in [0.3, 0.4) is 0 Å². The molecule has 0 aromatic heterocycles. The summed E-state index contributed by atoms with van der Waals surface area (Å²) < 4.78 is 0. The zero-order valence-corrected chi connectivity index (χ0v) is 18.4. The fraction of sp³-hybridized carbons (Fsp3) is 0.0333. The number of rotatable bonds is 3. The van der Waals surface area contributed by atoms with Gasteiger partial charge >= 0.3 is 11.9 Å². The quantitative estimate of drug-likeness (QED) is 0.309. The molecule has 168 valence electrons. The van der Waals surface area contributed by atoms with Crippen LogP contribution < -0.4 is 0 Å². The van der Waals surface area contributed by atoms with Crippen molar-refractivity contribution in [3.8, 4) is 11.1 Å². The molecule has 0 radical (unpaired) electrons. The summed E-state index contributed by atoms with van der Waals surface area (Å²) in [4.78, 5) is 38.5. The molecule has 6 rings (SSSR count). The highest BCUT2D eigenvalue weighted by molar-refractivity contribution is 6.22. The van der Waals surface area contributed by atoms with Crippen molar-refractivity contribution in [2.24, 2.45) is 0 Å². The zero-order chi connectivity index (χ0) is 24.3. The van der Waals surface area contributed by atoms with E-state index in [1.165, 1.54) is 6.07 Å². The molecule has 35 heavy (non-hydrogen) atoms. The predicted octanol–water partition coefficient (Wildman–Crippen LogP) is 6.19. The molecule has 0 spiro atoms. The van der Waals surface area contributed by atoms with Gasteiger partial charge in [0.1, 0.15) is 0 Å². The Morgan fingerprint density at radius 3 is 2.03 bits per heavy atom. The molecule has 5 aromatic rings. The monoisotopic (exact) mass is 458 g/mol. The number of carbonyl (C=O) groups is 3. The van der Waals surface area contributed by atoms with Crippen LogP contribution in [0.1, 0.15) is 47.8 Å². The highest BCUT2D eigenvalue weighted by Crippen LogP contribution is 2.42. The number of ketones is 1. The molecule has 0 saturated carbocycles. The summed E-state index contributed by atoms with van der Waals surface area (Å²) in [6.07, 6.45) is 0.345. The number of hydrogen-bond donors (Lipinski definition) is 2. The first-order valence-corrected chi connectivity index (χ1v) is 11.1. The third-order valence-corrected chi connectivity index (χ3v) is 6.74. The summed E-state index contributed by atoms with van der Waals surface area (Å²) in [5.41, 5.74) is 2.06. The second-order valence-corrected chi connectivity index (χ2v) is 8.71. The second kappa shape index (κ2) is 7.64. The van der Waals surface area contributed by atoms with Gasteiger partial charge in [0, 0.05) is 16.7 Å². The number of aromatic carboxylic acids is 2. The Balaban J connectivity index is 1.78. The molecule has 5 heteroatoms. The van der Waals surface area contributed by atoms with Crippen LogP contribution in [0, 0.1) is 0 Å². The summed E-state index contributed by atoms with van der Waals surface area (Å²) >= 11 is 0. The average Bonchev–Trinajstić information content (AvgIpc) is 2.86. The summed E-state index contributed by atoms with van der Waals surface area (Å²) in [5, 5.41) is 23.8. The van der Waals surface area contributed by atoms with Gasteiger partial charge in [-0.2, -0.15) is 0 Å². The Morgan fingerprint density at radius 1 is 0.629 bits per heavy atom. The molecule has 1 aliphatic carbocycles. The van der Waals surface area contributed by atoms with Gasteiger partial charge in [0.2, 0.25) is 0 Å². The van der Waals surface area contributed by atoms with E-state index in [1.807, 2.05) is 54.6 Å². The van der Waals surface area contributed by atoms with E-state index in [0.29, 0.717) is 23.1 Å². The normalized spacial score (nSPS) is 12.4. The van der Waals surface area contributed by atoms with Crippen LogP contribution in [-0.4, -0.2) is 27.9 Å². The molecule has 0 fully saturated rings. The molecule has 2 N–H and O–H groups in total. The van der Waals surface area contributed by atoms with Gasteiger partial charge in [-0.3, -0.25) is 4.79 Å². The van der Waals surface area contributed by atoms with Crippen molar-refractivity contribution in [3.63, 3.8) is 0 Å². The van der Waals surface area contributed by atoms with Gasteiger partial charge in [0.05, 0.1) is 11.1 Å². The lowest BCUT2D eigenvalue weighted by molar-refractivity contribution is 0.0652. The first-order chi connectivity index (χ1) is 16.9. The topological polar surface area (TPSA) is 91.7 Å². The van der Waals surface area contributed by atoms with Crippen LogP contribution in [0.2, 0.25) is 0 Å². The van der Waals surface area contributed by atoms with Gasteiger partial charge in [0.25, 0.3) is 0 Å². The van der Waals surface area contributed by atoms with Gasteiger partial charge in [-0.25, -0.2) is 9.59 Å². The van der Waals surface area contributed by atoms with Crippen molar-refractivity contribution in [1.29, 1.82) is 0 Å². The van der Waals surface area contributed by atoms with Crippen molar-refractivity contribution < 1.29 is 24.6 Å². The molecular formula is C30H18O5. The lowest BCUT2D eigenvalue weighted by Crippen LogP contribution is -2.21. The maximum atomic E-state index is 13.8. The molecule has 1 aliphatic rings. The molecule has 0 unspecified atom stereocenters. The SMILES string of the molecule is O=C(O)c1cc2c(c(-c3cccc4cc5ccccc5cc34)c1C(=O)O)C(=O)c1ccccc1C2. The summed E-state index contributed by atoms with van der Waals surface area (Å²) in [7, 11) is 0. The molecule has 0 saturated heterocycles. The molecule has 0 amide bonds. The highest BCUT2D eigenvalue weighted by atomic mass is 16.4. The Bertz CT molecular complexity index is 1750. The number of carboxylic acids is 2. The molecule has 5 nitrogen and oxygen atoms in total. The van der Waals surface area contributed by atoms with Crippen LogP contribution in [0.15, 0.2) is 84.9 Å². The Morgan fingerprint density at radius 2 is 1.29 bits per heavy atom. The van der Waals surface area contributed by atoms with Crippen molar-refractivity contribution in [2.75, 3.05) is 0 Å². The van der Waals surface area contributed by atoms with Crippen molar-refractivity contribution in [1.82, 2.24) is 0 Å². The number of carbonyl (C=O) groups excluding carboxylic acids is 1. The van der Waals surface area contributed by atoms with E-state index in [9.17, 15) is 24.6 Å². The summed E-state index contributed by atoms with van der Waals surface area (Å²) in [6, 6.07) is 25.8. The number of carboxylic acid groups (broad SMARTS) is 2. The fourth-order valence-electron chi connectivity index (χ4n) is 5.22. The minimum absolute atomic E-state index is 0.160. The highest BCUT2D eigenvalue weighted by Gasteiger charge is 2.33. The smallest absolute Gasteiger partial charge is 0.337 e. The van der Waals surface area contributed by atoms with Gasteiger partial charge in [-0.15, -0.1) is 0 Å². The molecule has 0 heterocycles. The van der Waals surface area contributed by atoms with E-state index in [4.69, 9.17) is 0 Å². The molecule has 0 atom stereocenters. The van der Waals surface area contributed by atoms with Crippen LogP contribution in [0.25, 0.3) is 32.7 Å². The Labute approximate surface area is 199 Å². The molecule has 0 aliphatic heterocycles. The molecular weight excluding hydrogens is 440 g/mol. The zero-order valence-electron chi connectivity index (χ0n) is 18.4. The number of fused-ring (bicyclic) bond motifs is 4. The van der Waals surface area contributed by atoms with Crippen molar-refractivity contribution >= 4 is 39.3 Å². The maximum absolute atomic E-state index is 13.8. The maximum Gasteiger partial charge on any atom is 0.337 e. The van der Waals surface area contributed by atoms with E-state index < -0.39 is 11.9 Å². The largest absolute Gasteiger partial charge is 0.478 e. The number of hydrogen-bond acceptors (Lipinski definition) is 3. The van der Waals surface area contributed by atoms with E-state index in [-0.39, 0.29) is 28.0 Å². The van der Waals surface area contributed by atoms with E-state index >= 15 is 0 Å². The Hall–Kier alpha value is -4.77. The average molecular weight is 458 g/mol. The predicted molar refractivity (Wildman–Crippen MR) is 133 cm³/mol. The van der Waals surface area contributed by atoms with Crippen molar-refractivity contribution in [3.05, 3.63) is 118 Å². The van der Waals surface area contributed by atoms with E-state index in [2.05, 4.69) is 0 Å². The first-order valence-electron chi connectivity index (χ1n) is 11.1. The molecule has 0 bridgehead atoms. The van der Waals surface area contributed by atoms with Crippen LogP contribution in [0.5, 0.6) is 0 Å².